The average molecular weight is 352 g/mol. The molecule has 1 aromatic carbocycles. The number of aliphatic hydroxyl groups is 2. The van der Waals surface area contributed by atoms with Gasteiger partial charge in [0.05, 0.1) is 13.2 Å². The summed E-state index contributed by atoms with van der Waals surface area (Å²) in [7, 11) is 0. The van der Waals surface area contributed by atoms with E-state index in [9.17, 15) is 15.0 Å². The van der Waals surface area contributed by atoms with Crippen LogP contribution in [0.4, 0.5) is 10.5 Å². The highest BCUT2D eigenvalue weighted by Gasteiger charge is 2.25. The third kappa shape index (κ3) is 5.88. The molecule has 1 aliphatic heterocycles. The SMILES string of the molecule is CC(C)(C)OC(=O)NCC(O)C(O)c1ccccc1N1CCOCC1. The maximum Gasteiger partial charge on any atom is 0.407 e. The van der Waals surface area contributed by atoms with Crippen molar-refractivity contribution in [3.8, 4) is 0 Å². The molecule has 1 heterocycles. The van der Waals surface area contributed by atoms with Crippen molar-refractivity contribution in [2.24, 2.45) is 0 Å². The molecule has 1 fully saturated rings. The van der Waals surface area contributed by atoms with Gasteiger partial charge in [-0.25, -0.2) is 4.79 Å². The van der Waals surface area contributed by atoms with Crippen LogP contribution in [0.2, 0.25) is 0 Å². The van der Waals surface area contributed by atoms with Crippen molar-refractivity contribution in [1.82, 2.24) is 5.32 Å². The van der Waals surface area contributed by atoms with E-state index < -0.39 is 23.9 Å². The van der Waals surface area contributed by atoms with Gasteiger partial charge in [-0.1, -0.05) is 18.2 Å². The third-order valence-corrected chi connectivity index (χ3v) is 3.83. The summed E-state index contributed by atoms with van der Waals surface area (Å²) >= 11 is 0. The summed E-state index contributed by atoms with van der Waals surface area (Å²) in [6.07, 6.45) is -2.89. The number of ether oxygens (including phenoxy) is 2. The first-order chi connectivity index (χ1) is 11.8. The van der Waals surface area contributed by atoms with Gasteiger partial charge in [0.25, 0.3) is 0 Å². The molecule has 3 N–H and O–H groups in total. The fraction of sp³-hybridized carbons (Fsp3) is 0.611. The molecule has 0 spiro atoms. The topological polar surface area (TPSA) is 91.3 Å². The van der Waals surface area contributed by atoms with Crippen molar-refractivity contribution >= 4 is 11.8 Å². The van der Waals surface area contributed by atoms with Gasteiger partial charge in [-0.3, -0.25) is 0 Å². The number of alkyl carbamates (subject to hydrolysis) is 1. The standard InChI is InChI=1S/C18H28N2O5/c1-18(2,3)25-17(23)19-12-15(21)16(22)13-6-4-5-7-14(13)20-8-10-24-11-9-20/h4-7,15-16,21-22H,8-12H2,1-3H3,(H,19,23). The minimum Gasteiger partial charge on any atom is -0.444 e. The van der Waals surface area contributed by atoms with E-state index in [-0.39, 0.29) is 6.54 Å². The van der Waals surface area contributed by atoms with Gasteiger partial charge < -0.3 is 29.9 Å². The summed E-state index contributed by atoms with van der Waals surface area (Å²) in [6, 6.07) is 7.41. The van der Waals surface area contributed by atoms with Crippen LogP contribution in [0.1, 0.15) is 32.4 Å². The highest BCUT2D eigenvalue weighted by molar-refractivity contribution is 5.67. The number of nitrogens with one attached hydrogen (secondary N) is 1. The summed E-state index contributed by atoms with van der Waals surface area (Å²) in [5.41, 5.74) is 0.883. The Kier molecular flexibility index (Phi) is 6.64. The maximum atomic E-state index is 11.7. The molecule has 0 aliphatic carbocycles. The second-order valence-electron chi connectivity index (χ2n) is 7.05. The number of anilines is 1. The second kappa shape index (κ2) is 8.51. The number of carbonyl (C=O) groups excluding carboxylic acids is 1. The van der Waals surface area contributed by atoms with E-state index in [2.05, 4.69) is 10.2 Å². The van der Waals surface area contributed by atoms with Crippen molar-refractivity contribution in [3.05, 3.63) is 29.8 Å². The molecule has 2 unspecified atom stereocenters. The Bertz CT molecular complexity index is 567. The van der Waals surface area contributed by atoms with Crippen molar-refractivity contribution in [2.45, 2.75) is 38.6 Å². The quantitative estimate of drug-likeness (QED) is 0.743. The molecule has 25 heavy (non-hydrogen) atoms. The van der Waals surface area contributed by atoms with Crippen molar-refractivity contribution in [3.63, 3.8) is 0 Å². The molecule has 7 nitrogen and oxygen atoms in total. The van der Waals surface area contributed by atoms with Crippen LogP contribution in [-0.2, 0) is 9.47 Å². The van der Waals surface area contributed by atoms with Gasteiger partial charge in [0.2, 0.25) is 0 Å². The maximum absolute atomic E-state index is 11.7. The number of morpholine rings is 1. The monoisotopic (exact) mass is 352 g/mol. The molecular formula is C18H28N2O5. The Labute approximate surface area is 148 Å². The number of rotatable bonds is 5. The molecule has 0 bridgehead atoms. The number of carbonyl (C=O) groups is 1. The van der Waals surface area contributed by atoms with Gasteiger partial charge in [-0.15, -0.1) is 0 Å². The van der Waals surface area contributed by atoms with Crippen LogP contribution >= 0.6 is 0 Å². The highest BCUT2D eigenvalue weighted by Crippen LogP contribution is 2.29. The van der Waals surface area contributed by atoms with E-state index >= 15 is 0 Å². The first-order valence-corrected chi connectivity index (χ1v) is 8.52. The molecule has 140 valence electrons. The highest BCUT2D eigenvalue weighted by atomic mass is 16.6. The zero-order valence-corrected chi connectivity index (χ0v) is 15.1. The molecule has 0 aromatic heterocycles. The number of amides is 1. The molecule has 2 atom stereocenters. The number of hydrogen-bond acceptors (Lipinski definition) is 6. The van der Waals surface area contributed by atoms with Gasteiger partial charge in [-0.05, 0) is 26.8 Å². The van der Waals surface area contributed by atoms with E-state index in [1.165, 1.54) is 0 Å². The van der Waals surface area contributed by atoms with Crippen LogP contribution in [0.15, 0.2) is 24.3 Å². The van der Waals surface area contributed by atoms with Crippen LogP contribution in [0, 0.1) is 0 Å². The lowest BCUT2D eigenvalue weighted by atomic mass is 10.0. The van der Waals surface area contributed by atoms with Crippen LogP contribution in [0.3, 0.4) is 0 Å². The molecule has 0 radical (unpaired) electrons. The lowest BCUT2D eigenvalue weighted by Crippen LogP contribution is -2.40. The normalized spacial score (nSPS) is 17.7. The first-order valence-electron chi connectivity index (χ1n) is 8.52. The van der Waals surface area contributed by atoms with Crippen LogP contribution in [0.25, 0.3) is 0 Å². The van der Waals surface area contributed by atoms with Gasteiger partial charge in [-0.2, -0.15) is 0 Å². The Hall–Kier alpha value is -1.83. The largest absolute Gasteiger partial charge is 0.444 e. The van der Waals surface area contributed by atoms with Gasteiger partial charge in [0, 0.05) is 30.9 Å². The second-order valence-corrected chi connectivity index (χ2v) is 7.05. The fourth-order valence-corrected chi connectivity index (χ4v) is 2.65. The van der Waals surface area contributed by atoms with Gasteiger partial charge >= 0.3 is 6.09 Å². The molecule has 1 aromatic rings. The molecule has 1 saturated heterocycles. The summed E-state index contributed by atoms with van der Waals surface area (Å²) in [5, 5.41) is 23.3. The number of benzene rings is 1. The summed E-state index contributed by atoms with van der Waals surface area (Å²) in [5.74, 6) is 0. The zero-order valence-electron chi connectivity index (χ0n) is 15.1. The predicted octanol–water partition coefficient (Wildman–Crippen LogP) is 1.44. The Balaban J connectivity index is 1.99. The number of aliphatic hydroxyl groups excluding tert-OH is 2. The number of hydrogen-bond donors (Lipinski definition) is 3. The molecule has 2 rings (SSSR count). The summed E-state index contributed by atoms with van der Waals surface area (Å²) in [4.78, 5) is 13.8. The van der Waals surface area contributed by atoms with Crippen LogP contribution < -0.4 is 10.2 Å². The van der Waals surface area contributed by atoms with Crippen molar-refractivity contribution in [1.29, 1.82) is 0 Å². The van der Waals surface area contributed by atoms with Crippen LogP contribution in [-0.4, -0.2) is 60.9 Å². The first kappa shape index (κ1) is 19.5. The third-order valence-electron chi connectivity index (χ3n) is 3.83. The molecular weight excluding hydrogens is 324 g/mol. The lowest BCUT2D eigenvalue weighted by Gasteiger charge is -2.32. The van der Waals surface area contributed by atoms with Gasteiger partial charge in [0.15, 0.2) is 0 Å². The van der Waals surface area contributed by atoms with E-state index in [1.54, 1.807) is 26.8 Å². The molecule has 7 heteroatoms. The predicted molar refractivity (Wildman–Crippen MR) is 94.7 cm³/mol. The molecule has 0 saturated carbocycles. The van der Waals surface area contributed by atoms with Gasteiger partial charge in [0.1, 0.15) is 17.8 Å². The fourth-order valence-electron chi connectivity index (χ4n) is 2.65. The van der Waals surface area contributed by atoms with Crippen molar-refractivity contribution in [2.75, 3.05) is 37.7 Å². The Morgan fingerprint density at radius 1 is 1.28 bits per heavy atom. The van der Waals surface area contributed by atoms with Crippen molar-refractivity contribution < 1.29 is 24.5 Å². The minimum absolute atomic E-state index is 0.104. The minimum atomic E-state index is -1.14. The van der Waals surface area contributed by atoms with E-state index in [0.717, 1.165) is 18.8 Å². The zero-order chi connectivity index (χ0) is 18.4. The van der Waals surface area contributed by atoms with E-state index in [0.29, 0.717) is 18.8 Å². The number of nitrogens with zero attached hydrogens (tertiary/aromatic N) is 1. The van der Waals surface area contributed by atoms with E-state index in [1.807, 2.05) is 18.2 Å². The summed E-state index contributed by atoms with van der Waals surface area (Å²) < 4.78 is 10.5. The molecule has 1 amide bonds. The Morgan fingerprint density at radius 2 is 1.92 bits per heavy atom. The number of para-hydroxylation sites is 1. The van der Waals surface area contributed by atoms with E-state index in [4.69, 9.17) is 9.47 Å². The lowest BCUT2D eigenvalue weighted by molar-refractivity contribution is 0.0130. The van der Waals surface area contributed by atoms with Crippen LogP contribution in [0.5, 0.6) is 0 Å². The Morgan fingerprint density at radius 3 is 2.56 bits per heavy atom. The molecule has 1 aliphatic rings. The smallest absolute Gasteiger partial charge is 0.407 e. The average Bonchev–Trinajstić information content (AvgIpc) is 2.58. The summed E-state index contributed by atoms with van der Waals surface area (Å²) in [6.45, 7) is 7.91.